The predicted octanol–water partition coefficient (Wildman–Crippen LogP) is 2.11. The van der Waals surface area contributed by atoms with Crippen LogP contribution in [0, 0.1) is 0 Å². The summed E-state index contributed by atoms with van der Waals surface area (Å²) in [7, 11) is 1.83. The molecule has 0 aromatic heterocycles. The Morgan fingerprint density at radius 2 is 1.95 bits per heavy atom. The van der Waals surface area contributed by atoms with E-state index in [1.807, 2.05) is 21.1 Å². The molecule has 0 spiro atoms. The maximum absolute atomic E-state index is 11.7. The van der Waals surface area contributed by atoms with Crippen LogP contribution in [0.25, 0.3) is 0 Å². The fraction of sp³-hybridized carbons (Fsp3) is 0.786. The van der Waals surface area contributed by atoms with Gasteiger partial charge in [0.2, 0.25) is 0 Å². The van der Waals surface area contributed by atoms with Gasteiger partial charge in [0.05, 0.1) is 34.4 Å². The molecule has 0 bridgehead atoms. The lowest BCUT2D eigenvalue weighted by Crippen LogP contribution is -2.42. The minimum absolute atomic E-state index is 0.0983. The van der Waals surface area contributed by atoms with Crippen LogP contribution in [0.4, 0.5) is 0 Å². The molecule has 8 heteroatoms. The second kappa shape index (κ2) is 9.43. The summed E-state index contributed by atoms with van der Waals surface area (Å²) in [5.41, 5.74) is 0.343. The van der Waals surface area contributed by atoms with Crippen LogP contribution in [0.15, 0.2) is 12.2 Å². The van der Waals surface area contributed by atoms with E-state index in [1.54, 1.807) is 13.8 Å². The van der Waals surface area contributed by atoms with Gasteiger partial charge < -0.3 is 14.1 Å². The van der Waals surface area contributed by atoms with E-state index in [0.717, 1.165) is 0 Å². The lowest BCUT2D eigenvalue weighted by Gasteiger charge is -2.29. The monoisotopic (exact) mass is 338 g/mol. The quantitative estimate of drug-likeness (QED) is 0.204. The van der Waals surface area contributed by atoms with E-state index in [0.29, 0.717) is 29.4 Å². The summed E-state index contributed by atoms with van der Waals surface area (Å²) in [6.07, 6.45) is 0.540. The third-order valence-corrected chi connectivity index (χ3v) is 3.73. The van der Waals surface area contributed by atoms with Crippen molar-refractivity contribution in [3.63, 3.8) is 0 Å². The number of rotatable bonds is 11. The van der Waals surface area contributed by atoms with Crippen LogP contribution in [0.1, 0.15) is 26.7 Å². The second-order valence-electron chi connectivity index (χ2n) is 6.15. The number of hydrogen-bond acceptors (Lipinski definition) is 5. The van der Waals surface area contributed by atoms with Crippen molar-refractivity contribution >= 4 is 13.8 Å². The highest BCUT2D eigenvalue weighted by atomic mass is 31.2. The molecule has 2 unspecified atom stereocenters. The molecule has 1 N–H and O–H groups in total. The average Bonchev–Trinajstić information content (AvgIpc) is 2.31. The number of phosphoric acid groups is 1. The number of nitrogens with zero attached hydrogens (tertiary/aromatic N) is 1. The fourth-order valence-electron chi connectivity index (χ4n) is 1.77. The van der Waals surface area contributed by atoms with Crippen molar-refractivity contribution in [3.8, 4) is 0 Å². The highest BCUT2D eigenvalue weighted by Gasteiger charge is 2.29. The van der Waals surface area contributed by atoms with E-state index in [2.05, 4.69) is 6.58 Å². The van der Waals surface area contributed by atoms with Gasteiger partial charge in [-0.3, -0.25) is 9.05 Å². The molecule has 0 rings (SSSR count). The molecule has 7 nitrogen and oxygen atoms in total. The number of hydrogen-bond donors (Lipinski definition) is 1. The van der Waals surface area contributed by atoms with E-state index < -0.39 is 19.9 Å². The molecule has 0 heterocycles. The Hall–Kier alpha value is -0.720. The molecule has 130 valence electrons. The van der Waals surface area contributed by atoms with Crippen LogP contribution in [-0.4, -0.2) is 62.4 Å². The van der Waals surface area contributed by atoms with Gasteiger partial charge >= 0.3 is 13.8 Å². The molecule has 0 aliphatic heterocycles. The van der Waals surface area contributed by atoms with Crippen LogP contribution in [-0.2, 0) is 23.1 Å². The number of phosphoric ester groups is 1. The second-order valence-corrected chi connectivity index (χ2v) is 7.55. The maximum atomic E-state index is 11.7. The Balaban J connectivity index is 4.46. The van der Waals surface area contributed by atoms with E-state index in [-0.39, 0.29) is 13.2 Å². The molecule has 0 aliphatic carbocycles. The van der Waals surface area contributed by atoms with E-state index >= 15 is 0 Å². The van der Waals surface area contributed by atoms with Crippen molar-refractivity contribution in [1.29, 1.82) is 0 Å². The molecule has 0 amide bonds. The Kier molecular flexibility index (Phi) is 9.12. The first-order valence-electron chi connectivity index (χ1n) is 7.25. The predicted molar refractivity (Wildman–Crippen MR) is 84.2 cm³/mol. The summed E-state index contributed by atoms with van der Waals surface area (Å²) in [5.74, 6) is -0.439. The summed E-state index contributed by atoms with van der Waals surface area (Å²) in [5, 5.41) is 0. The summed E-state index contributed by atoms with van der Waals surface area (Å²) < 4.78 is 27.3. The van der Waals surface area contributed by atoms with Crippen LogP contribution in [0.5, 0.6) is 0 Å². The SMILES string of the molecule is C=C(C)C(=O)OCCCC(C[N+](C)(C)C)OP(=O)(O)OCC. The van der Waals surface area contributed by atoms with Crippen LogP contribution >= 0.6 is 7.82 Å². The number of quaternary nitrogens is 1. The van der Waals surface area contributed by atoms with Crippen molar-refractivity contribution in [1.82, 2.24) is 0 Å². The summed E-state index contributed by atoms with van der Waals surface area (Å²) >= 11 is 0. The zero-order valence-electron chi connectivity index (χ0n) is 14.2. The molecule has 0 fully saturated rings. The van der Waals surface area contributed by atoms with Gasteiger partial charge in [0, 0.05) is 5.57 Å². The average molecular weight is 338 g/mol. The third-order valence-electron chi connectivity index (χ3n) is 2.58. The summed E-state index contributed by atoms with van der Waals surface area (Å²) in [6, 6.07) is 0. The lowest BCUT2D eigenvalue weighted by atomic mass is 10.2. The van der Waals surface area contributed by atoms with E-state index in [1.165, 1.54) is 0 Å². The third kappa shape index (κ3) is 10.9. The molecule has 0 radical (unpaired) electrons. The fourth-order valence-corrected chi connectivity index (χ4v) is 2.71. The van der Waals surface area contributed by atoms with Gasteiger partial charge in [0.25, 0.3) is 0 Å². The van der Waals surface area contributed by atoms with Gasteiger partial charge in [-0.2, -0.15) is 0 Å². The minimum Gasteiger partial charge on any atom is -0.462 e. The number of esters is 1. The number of likely N-dealkylation sites (N-methyl/N-ethyl adjacent to an activating group) is 1. The molecule has 0 saturated heterocycles. The van der Waals surface area contributed by atoms with Crippen molar-refractivity contribution in [2.24, 2.45) is 0 Å². The summed E-state index contributed by atoms with van der Waals surface area (Å²) in [6.45, 7) is 7.55. The first kappa shape index (κ1) is 21.3. The Bertz CT molecular complexity index is 418. The maximum Gasteiger partial charge on any atom is 0.472 e. The zero-order chi connectivity index (χ0) is 17.4. The number of carbonyl (C=O) groups excluding carboxylic acids is 1. The Morgan fingerprint density at radius 1 is 1.36 bits per heavy atom. The molecule has 22 heavy (non-hydrogen) atoms. The van der Waals surface area contributed by atoms with Gasteiger partial charge in [-0.05, 0) is 26.7 Å². The lowest BCUT2D eigenvalue weighted by molar-refractivity contribution is -0.873. The van der Waals surface area contributed by atoms with Gasteiger partial charge in [0.1, 0.15) is 12.6 Å². The summed E-state index contributed by atoms with van der Waals surface area (Å²) in [4.78, 5) is 20.9. The topological polar surface area (TPSA) is 82.1 Å². The highest BCUT2D eigenvalue weighted by molar-refractivity contribution is 7.47. The molecular weight excluding hydrogens is 309 g/mol. The largest absolute Gasteiger partial charge is 0.472 e. The van der Waals surface area contributed by atoms with Gasteiger partial charge in [-0.1, -0.05) is 6.58 Å². The smallest absolute Gasteiger partial charge is 0.462 e. The van der Waals surface area contributed by atoms with Gasteiger partial charge in [-0.25, -0.2) is 9.36 Å². The molecule has 0 aromatic rings. The van der Waals surface area contributed by atoms with Crippen LogP contribution in [0.3, 0.4) is 0 Å². The Labute approximate surface area is 133 Å². The number of carbonyl (C=O) groups is 1. The molecule has 2 atom stereocenters. The Morgan fingerprint density at radius 3 is 2.41 bits per heavy atom. The van der Waals surface area contributed by atoms with Gasteiger partial charge in [-0.15, -0.1) is 0 Å². The molecule has 0 aromatic carbocycles. The standard InChI is InChI=1S/C14H28NO6P/c1-7-20-22(17,18)21-13(11-15(4,5)6)9-8-10-19-14(16)12(2)3/h13H,2,7-11H2,1,3-6H3/p+1. The van der Waals surface area contributed by atoms with Crippen LogP contribution < -0.4 is 0 Å². The first-order chi connectivity index (χ1) is 9.97. The highest BCUT2D eigenvalue weighted by Crippen LogP contribution is 2.45. The van der Waals surface area contributed by atoms with Gasteiger partial charge in [0.15, 0.2) is 0 Å². The van der Waals surface area contributed by atoms with Crippen molar-refractivity contribution in [3.05, 3.63) is 12.2 Å². The molecular formula is C14H29NO6P+. The van der Waals surface area contributed by atoms with Crippen molar-refractivity contribution in [2.75, 3.05) is 40.9 Å². The molecule has 0 aliphatic rings. The van der Waals surface area contributed by atoms with E-state index in [9.17, 15) is 14.3 Å². The number of ether oxygens (including phenoxy) is 1. The molecule has 0 saturated carbocycles. The van der Waals surface area contributed by atoms with Crippen molar-refractivity contribution in [2.45, 2.75) is 32.8 Å². The van der Waals surface area contributed by atoms with E-state index in [4.69, 9.17) is 13.8 Å². The normalized spacial score (nSPS) is 15.9. The zero-order valence-corrected chi connectivity index (χ0v) is 15.1. The van der Waals surface area contributed by atoms with Crippen molar-refractivity contribution < 1.29 is 32.5 Å². The minimum atomic E-state index is -4.05. The van der Waals surface area contributed by atoms with Crippen LogP contribution in [0.2, 0.25) is 0 Å². The first-order valence-corrected chi connectivity index (χ1v) is 8.75.